The van der Waals surface area contributed by atoms with Crippen molar-refractivity contribution >= 4 is 21.9 Å². The fourth-order valence-corrected chi connectivity index (χ4v) is 2.88. The Morgan fingerprint density at radius 3 is 2.78 bits per heavy atom. The van der Waals surface area contributed by atoms with E-state index in [0.717, 1.165) is 33.4 Å². The van der Waals surface area contributed by atoms with Gasteiger partial charge in [-0.25, -0.2) is 4.98 Å². The predicted molar refractivity (Wildman–Crippen MR) is 88.8 cm³/mol. The van der Waals surface area contributed by atoms with Gasteiger partial charge in [-0.1, -0.05) is 18.2 Å². The van der Waals surface area contributed by atoms with Crippen LogP contribution in [0, 0.1) is 0 Å². The van der Waals surface area contributed by atoms with Gasteiger partial charge < -0.3 is 4.98 Å². The second-order valence-corrected chi connectivity index (χ2v) is 5.45. The number of benzene rings is 1. The number of fused-ring (bicyclic) bond motifs is 2. The van der Waals surface area contributed by atoms with E-state index in [9.17, 15) is 0 Å². The summed E-state index contributed by atoms with van der Waals surface area (Å²) >= 11 is 0. The van der Waals surface area contributed by atoms with Crippen molar-refractivity contribution in [3.05, 3.63) is 55.0 Å². The SMILES string of the molecule is c1ccc2[nH]c(-c3[nH]nc4ncc(-c5cn[nH]c5)cc34)cc2c1. The molecule has 0 atom stereocenters. The van der Waals surface area contributed by atoms with Crippen molar-refractivity contribution in [3.63, 3.8) is 0 Å². The van der Waals surface area contributed by atoms with Crippen LogP contribution in [0.4, 0.5) is 0 Å². The van der Waals surface area contributed by atoms with Crippen LogP contribution in [0.15, 0.2) is 55.0 Å². The molecule has 4 heterocycles. The summed E-state index contributed by atoms with van der Waals surface area (Å²) < 4.78 is 0. The van der Waals surface area contributed by atoms with Crippen LogP contribution in [0.3, 0.4) is 0 Å². The standard InChI is InChI=1S/C17H12N6/c1-2-4-14-10(3-1)6-15(21-14)16-13-5-11(12-8-19-20-9-12)7-18-17(13)23-22-16/h1-9,21H,(H,19,20)(H,18,22,23). The van der Waals surface area contributed by atoms with Gasteiger partial charge in [0.1, 0.15) is 0 Å². The van der Waals surface area contributed by atoms with E-state index in [2.05, 4.69) is 54.6 Å². The molecule has 0 spiro atoms. The Balaban J connectivity index is 1.73. The lowest BCUT2D eigenvalue weighted by Crippen LogP contribution is -1.81. The van der Waals surface area contributed by atoms with Gasteiger partial charge >= 0.3 is 0 Å². The van der Waals surface area contributed by atoms with Gasteiger partial charge in [0.25, 0.3) is 0 Å². The number of aromatic nitrogens is 6. The molecule has 0 fully saturated rings. The molecule has 0 saturated heterocycles. The van der Waals surface area contributed by atoms with Crippen molar-refractivity contribution in [2.75, 3.05) is 0 Å². The molecule has 6 heteroatoms. The molecule has 0 aliphatic rings. The van der Waals surface area contributed by atoms with Gasteiger partial charge in [-0.3, -0.25) is 10.2 Å². The van der Waals surface area contributed by atoms with E-state index in [4.69, 9.17) is 0 Å². The van der Waals surface area contributed by atoms with Gasteiger partial charge in [-0.05, 0) is 18.2 Å². The summed E-state index contributed by atoms with van der Waals surface area (Å²) in [6.07, 6.45) is 5.44. The summed E-state index contributed by atoms with van der Waals surface area (Å²) in [5.41, 5.74) is 5.75. The van der Waals surface area contributed by atoms with Crippen LogP contribution in [-0.4, -0.2) is 30.4 Å². The second-order valence-electron chi connectivity index (χ2n) is 5.45. The average Bonchev–Trinajstić information content (AvgIpc) is 3.32. The van der Waals surface area contributed by atoms with Gasteiger partial charge in [-0.2, -0.15) is 10.2 Å². The van der Waals surface area contributed by atoms with E-state index in [1.165, 1.54) is 5.39 Å². The third-order valence-corrected chi connectivity index (χ3v) is 4.04. The highest BCUT2D eigenvalue weighted by atomic mass is 15.2. The molecule has 3 N–H and O–H groups in total. The monoisotopic (exact) mass is 300 g/mol. The summed E-state index contributed by atoms with van der Waals surface area (Å²) in [5.74, 6) is 0. The first-order chi connectivity index (χ1) is 11.4. The molecule has 23 heavy (non-hydrogen) atoms. The topological polar surface area (TPSA) is 86.0 Å². The van der Waals surface area contributed by atoms with Crippen LogP contribution in [0.2, 0.25) is 0 Å². The zero-order valence-corrected chi connectivity index (χ0v) is 12.0. The van der Waals surface area contributed by atoms with Crippen molar-refractivity contribution in [3.8, 4) is 22.5 Å². The molecule has 0 unspecified atom stereocenters. The lowest BCUT2D eigenvalue weighted by atomic mass is 10.1. The van der Waals surface area contributed by atoms with Crippen molar-refractivity contribution in [2.24, 2.45) is 0 Å². The minimum absolute atomic E-state index is 0.700. The lowest BCUT2D eigenvalue weighted by molar-refractivity contribution is 1.09. The molecule has 6 nitrogen and oxygen atoms in total. The number of para-hydroxylation sites is 1. The van der Waals surface area contributed by atoms with E-state index in [0.29, 0.717) is 5.65 Å². The average molecular weight is 300 g/mol. The number of pyridine rings is 1. The number of rotatable bonds is 2. The molecule has 5 rings (SSSR count). The Labute approximate surface area is 130 Å². The van der Waals surface area contributed by atoms with Gasteiger partial charge in [-0.15, -0.1) is 0 Å². The molecule has 0 aliphatic carbocycles. The lowest BCUT2D eigenvalue weighted by Gasteiger charge is -1.98. The molecule has 0 aliphatic heterocycles. The van der Waals surface area contributed by atoms with Crippen molar-refractivity contribution in [2.45, 2.75) is 0 Å². The molecule has 0 radical (unpaired) electrons. The summed E-state index contributed by atoms with van der Waals surface area (Å²) in [6, 6.07) is 12.4. The van der Waals surface area contributed by atoms with E-state index < -0.39 is 0 Å². The van der Waals surface area contributed by atoms with Gasteiger partial charge in [0.2, 0.25) is 0 Å². The maximum atomic E-state index is 4.44. The summed E-state index contributed by atoms with van der Waals surface area (Å²) in [7, 11) is 0. The first-order valence-electron chi connectivity index (χ1n) is 7.30. The smallest absolute Gasteiger partial charge is 0.181 e. The van der Waals surface area contributed by atoms with Crippen LogP contribution in [0.1, 0.15) is 0 Å². The van der Waals surface area contributed by atoms with Crippen LogP contribution in [-0.2, 0) is 0 Å². The number of hydrogen-bond donors (Lipinski definition) is 3. The molecule has 0 bridgehead atoms. The summed E-state index contributed by atoms with van der Waals surface area (Å²) in [5, 5.41) is 16.4. The highest BCUT2D eigenvalue weighted by Gasteiger charge is 2.12. The van der Waals surface area contributed by atoms with Gasteiger partial charge in [0.05, 0.1) is 17.6 Å². The number of nitrogens with one attached hydrogen (secondary N) is 3. The van der Waals surface area contributed by atoms with Crippen LogP contribution in [0.5, 0.6) is 0 Å². The zero-order valence-electron chi connectivity index (χ0n) is 12.0. The maximum absolute atomic E-state index is 4.44. The van der Waals surface area contributed by atoms with Crippen molar-refractivity contribution < 1.29 is 0 Å². The number of nitrogens with zero attached hydrogens (tertiary/aromatic N) is 3. The Morgan fingerprint density at radius 1 is 0.957 bits per heavy atom. The van der Waals surface area contributed by atoms with Crippen LogP contribution < -0.4 is 0 Å². The van der Waals surface area contributed by atoms with E-state index in [1.807, 2.05) is 24.5 Å². The van der Waals surface area contributed by atoms with Gasteiger partial charge in [0, 0.05) is 39.8 Å². The van der Waals surface area contributed by atoms with E-state index in [-0.39, 0.29) is 0 Å². The van der Waals surface area contributed by atoms with Crippen LogP contribution >= 0.6 is 0 Å². The molecule has 110 valence electrons. The van der Waals surface area contributed by atoms with Crippen molar-refractivity contribution in [1.29, 1.82) is 0 Å². The molecular weight excluding hydrogens is 288 g/mol. The highest BCUT2D eigenvalue weighted by Crippen LogP contribution is 2.30. The highest BCUT2D eigenvalue weighted by molar-refractivity contribution is 5.95. The van der Waals surface area contributed by atoms with Gasteiger partial charge in [0.15, 0.2) is 5.65 Å². The zero-order chi connectivity index (χ0) is 15.2. The fraction of sp³-hybridized carbons (Fsp3) is 0. The quantitative estimate of drug-likeness (QED) is 0.466. The first kappa shape index (κ1) is 12.2. The summed E-state index contributed by atoms with van der Waals surface area (Å²) in [6.45, 7) is 0. The minimum Gasteiger partial charge on any atom is -0.353 e. The first-order valence-corrected chi connectivity index (χ1v) is 7.30. The third-order valence-electron chi connectivity index (χ3n) is 4.04. The third kappa shape index (κ3) is 1.85. The number of aromatic amines is 3. The molecule has 0 amide bonds. The Bertz CT molecular complexity index is 1080. The number of hydrogen-bond acceptors (Lipinski definition) is 3. The molecule has 5 aromatic rings. The van der Waals surface area contributed by atoms with Crippen LogP contribution in [0.25, 0.3) is 44.5 Å². The second kappa shape index (κ2) is 4.54. The normalized spacial score (nSPS) is 11.5. The number of H-pyrrole nitrogens is 3. The molecule has 4 aromatic heterocycles. The molecule has 1 aromatic carbocycles. The minimum atomic E-state index is 0.700. The fourth-order valence-electron chi connectivity index (χ4n) is 2.88. The van der Waals surface area contributed by atoms with Crippen molar-refractivity contribution in [1.82, 2.24) is 30.4 Å². The summed E-state index contributed by atoms with van der Waals surface area (Å²) in [4.78, 5) is 7.87. The predicted octanol–water partition coefficient (Wildman–Crippen LogP) is 3.50. The Morgan fingerprint density at radius 2 is 1.91 bits per heavy atom. The Kier molecular flexibility index (Phi) is 2.40. The Hall–Kier alpha value is -3.41. The van der Waals surface area contributed by atoms with E-state index >= 15 is 0 Å². The van der Waals surface area contributed by atoms with E-state index in [1.54, 1.807) is 6.20 Å². The molecule has 0 saturated carbocycles. The maximum Gasteiger partial charge on any atom is 0.181 e. The molecular formula is C17H12N6. The largest absolute Gasteiger partial charge is 0.353 e.